The second-order valence-electron chi connectivity index (χ2n) is 13.3. The molecule has 9 nitrogen and oxygen atoms in total. The van der Waals surface area contributed by atoms with E-state index >= 15 is 4.39 Å². The maximum Gasteiger partial charge on any atom is 0.319 e. The van der Waals surface area contributed by atoms with Crippen LogP contribution in [0.5, 0.6) is 11.8 Å². The van der Waals surface area contributed by atoms with Crippen molar-refractivity contribution in [1.29, 1.82) is 0 Å². The van der Waals surface area contributed by atoms with E-state index in [9.17, 15) is 18.7 Å². The number of likely N-dealkylation sites (N-methyl/N-ethyl adjacent to an activating group) is 1. The minimum absolute atomic E-state index is 0.0574. The average Bonchev–Trinajstić information content (AvgIpc) is 3.74. The molecule has 1 N–H and O–H groups in total. The summed E-state index contributed by atoms with van der Waals surface area (Å²) in [4.78, 5) is 32.2. The standard InChI is InChI=1S/C36H39F3N6O3/c1-5-24-27(38)9-8-21-14-23(46)15-25(30(21)24)32-31(39)33-26(17-40-32)34(43(4)28-10-13-45(20(28)3)29(47)6-2)42-35(41-33)48-19-36-11-7-12-44(36)18-22(37)16-36/h6,8-9,14-15,17,20,22,28,46H,2,5,7,10-13,16,18-19H2,1,3-4H3/t20-,22-,28-,36+/m1/s1. The largest absolute Gasteiger partial charge is 0.508 e. The molecule has 0 saturated carbocycles. The highest BCUT2D eigenvalue weighted by Gasteiger charge is 2.49. The summed E-state index contributed by atoms with van der Waals surface area (Å²) in [6.45, 7) is 9.21. The van der Waals surface area contributed by atoms with Gasteiger partial charge in [0, 0.05) is 44.4 Å². The number of aryl methyl sites for hydroxylation is 1. The molecular weight excluding hydrogens is 621 g/mol. The van der Waals surface area contributed by atoms with E-state index in [1.54, 1.807) is 11.0 Å². The number of anilines is 1. The molecule has 2 aromatic heterocycles. The highest BCUT2D eigenvalue weighted by molar-refractivity contribution is 6.01. The maximum absolute atomic E-state index is 16.9. The van der Waals surface area contributed by atoms with Gasteiger partial charge in [-0.15, -0.1) is 0 Å². The van der Waals surface area contributed by atoms with Crippen molar-refractivity contribution in [3.8, 4) is 23.0 Å². The summed E-state index contributed by atoms with van der Waals surface area (Å²) < 4.78 is 52.7. The Balaban J connectivity index is 1.37. The smallest absolute Gasteiger partial charge is 0.319 e. The number of benzene rings is 2. The fourth-order valence-electron chi connectivity index (χ4n) is 8.25. The number of carbonyl (C=O) groups is 1. The molecule has 0 bridgehead atoms. The molecule has 3 aliphatic rings. The van der Waals surface area contributed by atoms with E-state index in [-0.39, 0.29) is 53.1 Å². The van der Waals surface area contributed by atoms with Crippen molar-refractivity contribution in [3.63, 3.8) is 0 Å². The van der Waals surface area contributed by atoms with Crippen LogP contribution < -0.4 is 9.64 Å². The van der Waals surface area contributed by atoms with Crippen LogP contribution in [-0.2, 0) is 11.2 Å². The number of alkyl halides is 1. The van der Waals surface area contributed by atoms with Crippen LogP contribution in [0, 0.1) is 11.6 Å². The van der Waals surface area contributed by atoms with E-state index in [4.69, 9.17) is 9.72 Å². The number of aromatic nitrogens is 3. The molecule has 12 heteroatoms. The number of hydrogen-bond acceptors (Lipinski definition) is 8. The number of carbonyl (C=O) groups excluding carboxylic acids is 1. The van der Waals surface area contributed by atoms with Crippen molar-refractivity contribution in [2.45, 2.75) is 69.7 Å². The highest BCUT2D eigenvalue weighted by Crippen LogP contribution is 2.42. The van der Waals surface area contributed by atoms with Crippen LogP contribution in [0.1, 0.15) is 45.1 Å². The van der Waals surface area contributed by atoms with Gasteiger partial charge in [-0.1, -0.05) is 19.6 Å². The third-order valence-corrected chi connectivity index (χ3v) is 10.6. The number of phenols is 1. The third kappa shape index (κ3) is 5.21. The number of amides is 1. The van der Waals surface area contributed by atoms with Crippen LogP contribution in [0.2, 0.25) is 0 Å². The molecule has 0 spiro atoms. The van der Waals surface area contributed by atoms with Gasteiger partial charge >= 0.3 is 6.01 Å². The number of nitrogens with zero attached hydrogens (tertiary/aromatic N) is 6. The van der Waals surface area contributed by atoms with Crippen molar-refractivity contribution >= 4 is 33.4 Å². The number of fused-ring (bicyclic) bond motifs is 3. The zero-order valence-electron chi connectivity index (χ0n) is 27.3. The first-order valence-electron chi connectivity index (χ1n) is 16.5. The molecule has 0 aliphatic carbocycles. The number of ether oxygens (including phenoxy) is 1. The molecule has 0 unspecified atom stereocenters. The number of pyridine rings is 1. The van der Waals surface area contributed by atoms with Crippen LogP contribution in [0.4, 0.5) is 19.0 Å². The number of phenolic OH excluding ortho intramolecular Hbond substituents is 1. The topological polar surface area (TPSA) is 94.9 Å². The summed E-state index contributed by atoms with van der Waals surface area (Å²) in [5, 5.41) is 11.9. The van der Waals surface area contributed by atoms with E-state index < -0.39 is 23.3 Å². The molecular formula is C36H39F3N6O3. The van der Waals surface area contributed by atoms with Crippen molar-refractivity contribution in [1.82, 2.24) is 24.8 Å². The summed E-state index contributed by atoms with van der Waals surface area (Å²) in [6, 6.07) is 5.36. The molecule has 2 aromatic carbocycles. The Kier molecular flexibility index (Phi) is 8.17. The lowest BCUT2D eigenvalue weighted by Crippen LogP contribution is -2.44. The minimum Gasteiger partial charge on any atom is -0.508 e. The van der Waals surface area contributed by atoms with Gasteiger partial charge in [-0.3, -0.25) is 14.7 Å². The Labute approximate surface area is 277 Å². The number of halogens is 3. The van der Waals surface area contributed by atoms with Gasteiger partial charge in [0.25, 0.3) is 0 Å². The van der Waals surface area contributed by atoms with Gasteiger partial charge in [-0.2, -0.15) is 9.97 Å². The van der Waals surface area contributed by atoms with E-state index in [1.165, 1.54) is 30.5 Å². The predicted octanol–water partition coefficient (Wildman–Crippen LogP) is 5.96. The molecule has 4 atom stereocenters. The summed E-state index contributed by atoms with van der Waals surface area (Å²) in [5.41, 5.74) is -0.0140. The molecule has 1 amide bonds. The first-order chi connectivity index (χ1) is 23.0. The maximum atomic E-state index is 16.9. The van der Waals surface area contributed by atoms with Crippen molar-refractivity contribution in [2.24, 2.45) is 0 Å². The van der Waals surface area contributed by atoms with E-state index in [1.807, 2.05) is 25.8 Å². The molecule has 7 rings (SSSR count). The van der Waals surface area contributed by atoms with Crippen molar-refractivity contribution in [3.05, 3.63) is 60.3 Å². The molecule has 3 saturated heterocycles. The van der Waals surface area contributed by atoms with Crippen molar-refractivity contribution < 1.29 is 27.8 Å². The van der Waals surface area contributed by atoms with Crippen LogP contribution >= 0.6 is 0 Å². The van der Waals surface area contributed by atoms with Gasteiger partial charge in [-0.05, 0) is 79.8 Å². The zero-order valence-corrected chi connectivity index (χ0v) is 27.3. The summed E-state index contributed by atoms with van der Waals surface area (Å²) in [5.74, 6) is -1.12. The van der Waals surface area contributed by atoms with Gasteiger partial charge in [0.2, 0.25) is 5.91 Å². The lowest BCUT2D eigenvalue weighted by Gasteiger charge is -2.32. The monoisotopic (exact) mass is 660 g/mol. The minimum atomic E-state index is -0.945. The lowest BCUT2D eigenvalue weighted by molar-refractivity contribution is -0.126. The first-order valence-corrected chi connectivity index (χ1v) is 16.5. The molecule has 3 aliphatic heterocycles. The SMILES string of the molecule is C=CC(=O)N1CC[C@@H](N(C)c2nc(OC[C@@]34CCCN3C[C@H](F)C4)nc3c(F)c(-c4cc(O)cc5ccc(F)c(CC)c45)ncc23)[C@H]1C. The van der Waals surface area contributed by atoms with Gasteiger partial charge < -0.3 is 19.6 Å². The second kappa shape index (κ2) is 12.2. The number of hydrogen-bond donors (Lipinski definition) is 1. The van der Waals surface area contributed by atoms with E-state index in [0.717, 1.165) is 19.4 Å². The Morgan fingerprint density at radius 1 is 1.25 bits per heavy atom. The summed E-state index contributed by atoms with van der Waals surface area (Å²) in [6.07, 6.45) is 4.89. The van der Waals surface area contributed by atoms with Crippen LogP contribution in [-0.4, -0.2) is 92.8 Å². The molecule has 48 heavy (non-hydrogen) atoms. The third-order valence-electron chi connectivity index (χ3n) is 10.6. The molecule has 252 valence electrons. The molecule has 5 heterocycles. The molecule has 0 radical (unpaired) electrons. The molecule has 3 fully saturated rings. The van der Waals surface area contributed by atoms with E-state index in [2.05, 4.69) is 21.4 Å². The Morgan fingerprint density at radius 2 is 2.06 bits per heavy atom. The second-order valence-corrected chi connectivity index (χ2v) is 13.3. The van der Waals surface area contributed by atoms with Gasteiger partial charge in [-0.25, -0.2) is 13.2 Å². The Bertz CT molecular complexity index is 1940. The van der Waals surface area contributed by atoms with Gasteiger partial charge in [0.15, 0.2) is 5.82 Å². The van der Waals surface area contributed by atoms with Crippen molar-refractivity contribution in [2.75, 3.05) is 38.2 Å². The number of rotatable bonds is 8. The normalized spacial score (nSPS) is 24.0. The summed E-state index contributed by atoms with van der Waals surface area (Å²) in [7, 11) is 1.83. The highest BCUT2D eigenvalue weighted by atomic mass is 19.1. The first kappa shape index (κ1) is 32.1. The van der Waals surface area contributed by atoms with Crippen LogP contribution in [0.25, 0.3) is 32.9 Å². The summed E-state index contributed by atoms with van der Waals surface area (Å²) >= 11 is 0. The van der Waals surface area contributed by atoms with E-state index in [0.29, 0.717) is 59.9 Å². The Morgan fingerprint density at radius 3 is 2.83 bits per heavy atom. The predicted molar refractivity (Wildman–Crippen MR) is 178 cm³/mol. The lowest BCUT2D eigenvalue weighted by atomic mass is 9.94. The quantitative estimate of drug-likeness (QED) is 0.232. The van der Waals surface area contributed by atoms with Gasteiger partial charge in [0.05, 0.1) is 17.0 Å². The average molecular weight is 661 g/mol. The van der Waals surface area contributed by atoms with Crippen LogP contribution in [0.15, 0.2) is 43.1 Å². The zero-order chi connectivity index (χ0) is 33.9. The number of aromatic hydroxyl groups is 1. The van der Waals surface area contributed by atoms with Crippen LogP contribution in [0.3, 0.4) is 0 Å². The fourth-order valence-corrected chi connectivity index (χ4v) is 8.25. The fraction of sp³-hybridized carbons (Fsp3) is 0.444. The Hall–Kier alpha value is -4.45. The van der Waals surface area contributed by atoms with Gasteiger partial charge in [0.1, 0.15) is 41.4 Å². The molecule has 4 aromatic rings. The number of likely N-dealkylation sites (tertiary alicyclic amines) is 1.